The van der Waals surface area contributed by atoms with E-state index in [-0.39, 0.29) is 0 Å². The van der Waals surface area contributed by atoms with Crippen LogP contribution in [0.5, 0.6) is 0 Å². The molecular formula is C17H36N2S. The molecule has 3 heteroatoms. The van der Waals surface area contributed by atoms with E-state index in [0.29, 0.717) is 6.04 Å². The number of nitrogens with zero attached hydrogens (tertiary/aromatic N) is 1. The van der Waals surface area contributed by atoms with Crippen molar-refractivity contribution in [1.29, 1.82) is 0 Å². The summed E-state index contributed by atoms with van der Waals surface area (Å²) in [5.41, 5.74) is 0. The summed E-state index contributed by atoms with van der Waals surface area (Å²) in [5, 5.41) is 3.81. The highest BCUT2D eigenvalue weighted by Gasteiger charge is 2.29. The van der Waals surface area contributed by atoms with Crippen molar-refractivity contribution in [2.45, 2.75) is 66.0 Å². The molecule has 3 unspecified atom stereocenters. The number of piperazine rings is 1. The molecule has 0 aromatic rings. The van der Waals surface area contributed by atoms with Crippen molar-refractivity contribution in [3.8, 4) is 0 Å². The van der Waals surface area contributed by atoms with Crippen LogP contribution in [-0.2, 0) is 0 Å². The molecule has 2 nitrogen and oxygen atoms in total. The molecule has 1 heterocycles. The van der Waals surface area contributed by atoms with Crippen molar-refractivity contribution in [3.05, 3.63) is 0 Å². The summed E-state index contributed by atoms with van der Waals surface area (Å²) < 4.78 is 0. The average Bonchev–Trinajstić information content (AvgIpc) is 2.43. The largest absolute Gasteiger partial charge is 0.311 e. The second-order valence-electron chi connectivity index (χ2n) is 6.73. The second kappa shape index (κ2) is 10.1. The first-order valence-corrected chi connectivity index (χ1v) is 9.79. The van der Waals surface area contributed by atoms with Gasteiger partial charge in [0.2, 0.25) is 0 Å². The highest BCUT2D eigenvalue weighted by molar-refractivity contribution is 7.99. The number of nitrogens with one attached hydrogen (secondary N) is 1. The van der Waals surface area contributed by atoms with E-state index < -0.39 is 0 Å². The fourth-order valence-electron chi connectivity index (χ4n) is 3.11. The van der Waals surface area contributed by atoms with E-state index in [1.54, 1.807) is 0 Å². The van der Waals surface area contributed by atoms with Crippen LogP contribution in [0.25, 0.3) is 0 Å². The van der Waals surface area contributed by atoms with E-state index in [4.69, 9.17) is 0 Å². The molecule has 0 spiro atoms. The lowest BCUT2D eigenvalue weighted by molar-refractivity contribution is 0.0961. The molecule has 0 aromatic carbocycles. The number of thioether (sulfide) groups is 1. The topological polar surface area (TPSA) is 15.3 Å². The van der Waals surface area contributed by atoms with Gasteiger partial charge in [-0.2, -0.15) is 11.8 Å². The predicted octanol–water partition coefficient (Wildman–Crippen LogP) is 3.86. The van der Waals surface area contributed by atoms with Gasteiger partial charge in [0, 0.05) is 25.2 Å². The molecule has 0 amide bonds. The molecule has 1 N–H and O–H groups in total. The molecule has 1 aliphatic rings. The molecule has 0 radical (unpaired) electrons. The van der Waals surface area contributed by atoms with Gasteiger partial charge in [-0.1, -0.05) is 41.0 Å². The van der Waals surface area contributed by atoms with Gasteiger partial charge < -0.3 is 5.32 Å². The fraction of sp³-hybridized carbons (Fsp3) is 1.00. The van der Waals surface area contributed by atoms with Crippen molar-refractivity contribution in [2.75, 3.05) is 31.1 Å². The first-order chi connectivity index (χ1) is 9.58. The zero-order valence-corrected chi connectivity index (χ0v) is 15.1. The summed E-state index contributed by atoms with van der Waals surface area (Å²) in [6, 6.07) is 1.45. The number of hydrogen-bond acceptors (Lipinski definition) is 3. The molecule has 1 fully saturated rings. The smallest absolute Gasteiger partial charge is 0.0223 e. The van der Waals surface area contributed by atoms with E-state index in [0.717, 1.165) is 17.9 Å². The molecule has 120 valence electrons. The first kappa shape index (κ1) is 18.3. The summed E-state index contributed by atoms with van der Waals surface area (Å²) in [4.78, 5) is 2.78. The Morgan fingerprint density at radius 1 is 1.25 bits per heavy atom. The van der Waals surface area contributed by atoms with Gasteiger partial charge in [0.25, 0.3) is 0 Å². The third-order valence-corrected chi connectivity index (χ3v) is 5.56. The van der Waals surface area contributed by atoms with Crippen LogP contribution < -0.4 is 5.32 Å². The third-order valence-electron chi connectivity index (χ3n) is 4.58. The Labute approximate surface area is 131 Å². The SMILES string of the molecule is CCSCCCN1CC(C(C)CC)NCC1CC(C)C. The van der Waals surface area contributed by atoms with E-state index in [1.807, 2.05) is 0 Å². The predicted molar refractivity (Wildman–Crippen MR) is 93.7 cm³/mol. The summed E-state index contributed by atoms with van der Waals surface area (Å²) in [6.07, 6.45) is 3.97. The lowest BCUT2D eigenvalue weighted by atomic mass is 9.92. The Hall–Kier alpha value is 0.270. The van der Waals surface area contributed by atoms with Crippen LogP contribution in [0.4, 0.5) is 0 Å². The number of hydrogen-bond donors (Lipinski definition) is 1. The molecule has 1 rings (SSSR count). The Morgan fingerprint density at radius 3 is 2.60 bits per heavy atom. The minimum atomic E-state index is 0.697. The Balaban J connectivity index is 2.48. The summed E-state index contributed by atoms with van der Waals surface area (Å²) in [6.45, 7) is 15.4. The molecule has 1 aliphatic heterocycles. The first-order valence-electron chi connectivity index (χ1n) is 8.63. The van der Waals surface area contributed by atoms with E-state index in [1.165, 1.54) is 50.4 Å². The van der Waals surface area contributed by atoms with Gasteiger partial charge in [-0.25, -0.2) is 0 Å². The third kappa shape index (κ3) is 6.36. The van der Waals surface area contributed by atoms with Gasteiger partial charge in [-0.05, 0) is 42.7 Å². The van der Waals surface area contributed by atoms with Crippen LogP contribution in [0.15, 0.2) is 0 Å². The van der Waals surface area contributed by atoms with Gasteiger partial charge >= 0.3 is 0 Å². The second-order valence-corrected chi connectivity index (χ2v) is 8.12. The molecule has 3 atom stereocenters. The molecule has 0 aromatic heterocycles. The Morgan fingerprint density at radius 2 is 2.00 bits per heavy atom. The van der Waals surface area contributed by atoms with Crippen LogP contribution in [0, 0.1) is 11.8 Å². The molecule has 0 saturated carbocycles. The maximum Gasteiger partial charge on any atom is 0.0223 e. The van der Waals surface area contributed by atoms with E-state index in [2.05, 4.69) is 56.6 Å². The molecule has 1 saturated heterocycles. The van der Waals surface area contributed by atoms with Crippen LogP contribution >= 0.6 is 11.8 Å². The van der Waals surface area contributed by atoms with Crippen molar-refractivity contribution in [2.24, 2.45) is 11.8 Å². The summed E-state index contributed by atoms with van der Waals surface area (Å²) >= 11 is 2.08. The van der Waals surface area contributed by atoms with Crippen LogP contribution in [-0.4, -0.2) is 48.1 Å². The summed E-state index contributed by atoms with van der Waals surface area (Å²) in [5.74, 6) is 4.17. The quantitative estimate of drug-likeness (QED) is 0.651. The minimum absolute atomic E-state index is 0.697. The van der Waals surface area contributed by atoms with Crippen molar-refractivity contribution >= 4 is 11.8 Å². The van der Waals surface area contributed by atoms with Gasteiger partial charge in [0.15, 0.2) is 0 Å². The molecule has 20 heavy (non-hydrogen) atoms. The molecular weight excluding hydrogens is 264 g/mol. The van der Waals surface area contributed by atoms with E-state index >= 15 is 0 Å². The van der Waals surface area contributed by atoms with Gasteiger partial charge in [-0.3, -0.25) is 4.90 Å². The molecule has 0 aliphatic carbocycles. The monoisotopic (exact) mass is 300 g/mol. The average molecular weight is 301 g/mol. The summed E-state index contributed by atoms with van der Waals surface area (Å²) in [7, 11) is 0. The van der Waals surface area contributed by atoms with Crippen molar-refractivity contribution in [3.63, 3.8) is 0 Å². The normalized spacial score (nSPS) is 26.1. The van der Waals surface area contributed by atoms with Crippen LogP contribution in [0.2, 0.25) is 0 Å². The zero-order valence-electron chi connectivity index (χ0n) is 14.3. The number of rotatable bonds is 9. The van der Waals surface area contributed by atoms with Gasteiger partial charge in [0.1, 0.15) is 0 Å². The van der Waals surface area contributed by atoms with Gasteiger partial charge in [-0.15, -0.1) is 0 Å². The van der Waals surface area contributed by atoms with E-state index in [9.17, 15) is 0 Å². The zero-order chi connectivity index (χ0) is 15.0. The maximum atomic E-state index is 3.81. The lowest BCUT2D eigenvalue weighted by Gasteiger charge is -2.43. The van der Waals surface area contributed by atoms with Crippen LogP contribution in [0.3, 0.4) is 0 Å². The van der Waals surface area contributed by atoms with Gasteiger partial charge in [0.05, 0.1) is 0 Å². The fourth-order valence-corrected chi connectivity index (χ4v) is 3.73. The standard InChI is InChI=1S/C17H36N2S/c1-6-15(5)17-13-19(9-8-10-20-7-2)16(12-18-17)11-14(3)4/h14-18H,6-13H2,1-5H3. The lowest BCUT2D eigenvalue weighted by Crippen LogP contribution is -2.58. The highest BCUT2D eigenvalue weighted by Crippen LogP contribution is 2.20. The van der Waals surface area contributed by atoms with Crippen molar-refractivity contribution in [1.82, 2.24) is 10.2 Å². The van der Waals surface area contributed by atoms with Crippen molar-refractivity contribution < 1.29 is 0 Å². The maximum absolute atomic E-state index is 3.81. The Bertz CT molecular complexity index is 245. The minimum Gasteiger partial charge on any atom is -0.311 e. The Kier molecular flexibility index (Phi) is 9.23. The van der Waals surface area contributed by atoms with Crippen LogP contribution in [0.1, 0.15) is 53.9 Å². The highest BCUT2D eigenvalue weighted by atomic mass is 32.2. The molecule has 0 bridgehead atoms.